The summed E-state index contributed by atoms with van der Waals surface area (Å²) >= 11 is 15.8. The van der Waals surface area contributed by atoms with E-state index in [9.17, 15) is 10.5 Å². The highest BCUT2D eigenvalue weighted by Crippen LogP contribution is 2.40. The van der Waals surface area contributed by atoms with Crippen molar-refractivity contribution in [2.24, 2.45) is 0 Å². The molecule has 0 spiro atoms. The van der Waals surface area contributed by atoms with E-state index in [0.29, 0.717) is 15.6 Å². The minimum atomic E-state index is -1.14. The first-order chi connectivity index (χ1) is 23.5. The summed E-state index contributed by atoms with van der Waals surface area (Å²) < 4.78 is 15.2. The van der Waals surface area contributed by atoms with Crippen molar-refractivity contribution < 1.29 is 14.2 Å². The molecule has 0 N–H and O–H groups in total. The fourth-order valence-electron chi connectivity index (χ4n) is 5.92. The molecule has 0 atom stereocenters. The van der Waals surface area contributed by atoms with E-state index in [0.717, 1.165) is 28.4 Å². The molecule has 0 heterocycles. The van der Waals surface area contributed by atoms with E-state index in [1.165, 1.54) is 16.4 Å². The molecule has 5 aromatic carbocycles. The Labute approximate surface area is 304 Å². The van der Waals surface area contributed by atoms with E-state index in [1.807, 2.05) is 72.8 Å². The third-order valence-electron chi connectivity index (χ3n) is 9.06. The minimum absolute atomic E-state index is 0.0601. The average molecular weight is 708 g/mol. The Morgan fingerprint density at radius 1 is 0.571 bits per heavy atom. The van der Waals surface area contributed by atoms with Gasteiger partial charge in [0.05, 0.1) is 27.5 Å². The van der Waals surface area contributed by atoms with E-state index in [1.54, 1.807) is 52.5 Å². The van der Waals surface area contributed by atoms with Gasteiger partial charge in [-0.15, -0.1) is 0 Å². The van der Waals surface area contributed by atoms with E-state index in [2.05, 4.69) is 55.9 Å². The summed E-state index contributed by atoms with van der Waals surface area (Å²) in [4.78, 5) is 0. The van der Waals surface area contributed by atoms with Gasteiger partial charge in [0.1, 0.15) is 35.0 Å². The molecule has 0 saturated heterocycles. The fraction of sp³-hybridized carbons (Fsp3) is 0.150. The maximum atomic E-state index is 9.25. The molecule has 49 heavy (non-hydrogen) atoms. The molecule has 248 valence electrons. The van der Waals surface area contributed by atoms with Gasteiger partial charge in [-0.05, 0) is 80.2 Å². The molecular formula is C40H37BCl2N2O3S. The third kappa shape index (κ3) is 8.10. The number of hydrogen-bond donors (Lipinski definition) is 0. The van der Waals surface area contributed by atoms with Crippen molar-refractivity contribution >= 4 is 58.4 Å². The number of hydrogen-bond acceptors (Lipinski definition) is 5. The summed E-state index contributed by atoms with van der Waals surface area (Å²) in [5.74, 6) is 2.57. The molecule has 0 amide bonds. The molecule has 0 aliphatic rings. The molecule has 0 aliphatic carbocycles. The van der Waals surface area contributed by atoms with Crippen LogP contribution < -0.4 is 30.6 Å². The van der Waals surface area contributed by atoms with Gasteiger partial charge in [-0.25, -0.2) is 0 Å². The summed E-state index contributed by atoms with van der Waals surface area (Å²) in [6.07, 6.45) is -1.14. The van der Waals surface area contributed by atoms with Crippen molar-refractivity contribution in [3.63, 3.8) is 0 Å². The van der Waals surface area contributed by atoms with Crippen LogP contribution in [0, 0.1) is 22.7 Å². The van der Waals surface area contributed by atoms with Crippen LogP contribution in [0.2, 0.25) is 16.9 Å². The van der Waals surface area contributed by atoms with Gasteiger partial charge in [-0.2, -0.15) is 33.7 Å². The molecule has 5 rings (SSSR count). The number of benzene rings is 5. The lowest BCUT2D eigenvalue weighted by Gasteiger charge is -2.39. The molecule has 0 fully saturated rings. The maximum absolute atomic E-state index is 9.25. The largest absolute Gasteiger partial charge is 0.497 e. The van der Waals surface area contributed by atoms with Gasteiger partial charge in [0, 0.05) is 26.7 Å². The van der Waals surface area contributed by atoms with Crippen molar-refractivity contribution in [1.82, 2.24) is 0 Å². The van der Waals surface area contributed by atoms with Gasteiger partial charge in [0.15, 0.2) is 4.75 Å². The fourth-order valence-corrected chi connectivity index (χ4v) is 6.63. The number of halogens is 2. The maximum Gasteiger partial charge on any atom is 0.196 e. The summed E-state index contributed by atoms with van der Waals surface area (Å²) in [6.45, 7) is 4.06. The number of nitrogens with zero attached hydrogens (tertiary/aromatic N) is 2. The van der Waals surface area contributed by atoms with Gasteiger partial charge >= 0.3 is 0 Å². The van der Waals surface area contributed by atoms with Crippen LogP contribution >= 0.6 is 23.2 Å². The van der Waals surface area contributed by atoms with Gasteiger partial charge in [0.2, 0.25) is 0 Å². The predicted molar refractivity (Wildman–Crippen MR) is 207 cm³/mol. The Kier molecular flexibility index (Phi) is 12.5. The smallest absolute Gasteiger partial charge is 0.196 e. The van der Waals surface area contributed by atoms with Crippen LogP contribution in [0.4, 0.5) is 0 Å². The van der Waals surface area contributed by atoms with Gasteiger partial charge < -0.3 is 14.2 Å². The number of methoxy groups -OCH3 is 3. The molecule has 0 aromatic heterocycles. The summed E-state index contributed by atoms with van der Waals surface area (Å²) in [7, 11) is 5.06. The number of nitriles is 2. The molecule has 5 nitrogen and oxygen atoms in total. The van der Waals surface area contributed by atoms with E-state index in [4.69, 9.17) is 37.4 Å². The highest BCUT2D eigenvalue weighted by molar-refractivity contribution is 7.60. The highest BCUT2D eigenvalue weighted by Gasteiger charge is 2.40. The molecule has 0 aliphatic heterocycles. The number of ether oxygens (including phenoxy) is 3. The van der Waals surface area contributed by atoms with Crippen molar-refractivity contribution in [1.29, 1.82) is 10.5 Å². The van der Waals surface area contributed by atoms with Crippen LogP contribution in [0.25, 0.3) is 0 Å². The van der Waals surface area contributed by atoms with Crippen LogP contribution in [0.3, 0.4) is 0 Å². The van der Waals surface area contributed by atoms with Crippen LogP contribution in [-0.4, -0.2) is 27.5 Å². The molecule has 0 saturated carbocycles. The summed E-state index contributed by atoms with van der Waals surface area (Å²) in [5.41, 5.74) is 6.14. The summed E-state index contributed by atoms with van der Waals surface area (Å²) in [5, 5.41) is 19.7. The zero-order chi connectivity index (χ0) is 35.6. The Bertz CT molecular complexity index is 1790. The Balaban J connectivity index is 0.000000223. The van der Waals surface area contributed by atoms with Gasteiger partial charge in [0.25, 0.3) is 0 Å². The van der Waals surface area contributed by atoms with Crippen LogP contribution in [0.15, 0.2) is 132 Å². The Morgan fingerprint density at radius 3 is 1.10 bits per heavy atom. The van der Waals surface area contributed by atoms with Gasteiger partial charge in [-0.1, -0.05) is 83.9 Å². The first-order valence-corrected chi connectivity index (χ1v) is 16.7. The predicted octanol–water partition coefficient (Wildman–Crippen LogP) is 7.42. The Hall–Kier alpha value is -4.79. The lowest BCUT2D eigenvalue weighted by atomic mass is 9.17. The van der Waals surface area contributed by atoms with E-state index < -0.39 is 10.9 Å². The van der Waals surface area contributed by atoms with Crippen molar-refractivity contribution in [3.05, 3.63) is 154 Å². The lowest BCUT2D eigenvalue weighted by molar-refractivity contribution is 0.415. The molecule has 0 bridgehead atoms. The number of rotatable bonds is 9. The van der Waals surface area contributed by atoms with Crippen molar-refractivity contribution in [3.8, 4) is 29.4 Å². The monoisotopic (exact) mass is 706 g/mol. The zero-order valence-corrected chi connectivity index (χ0v) is 30.5. The second kappa shape index (κ2) is 16.6. The second-order valence-corrected chi connectivity index (χ2v) is 13.2. The van der Waals surface area contributed by atoms with Gasteiger partial charge in [-0.3, -0.25) is 0 Å². The second-order valence-electron chi connectivity index (χ2n) is 11.6. The standard InChI is InChI=1S/C22H24BO3.C18H12Cl2N2S/c1-23(17-5-11-20(24-2)12-6-17,18-7-13-21(25-3)14-8-18)19-9-15-22(26-4)16-10-19;1-12(13(10-21)11-22)18(23,14-2-6-16(19)7-3-14)15-4-8-17(20)9-5-15/h5-16H,1-4H3;2-9,23H,1H3/q-1;/p+1. The summed E-state index contributed by atoms with van der Waals surface area (Å²) in [6, 6.07) is 43.4. The van der Waals surface area contributed by atoms with Crippen molar-refractivity contribution in [2.45, 2.75) is 18.5 Å². The molecule has 5 aromatic rings. The van der Waals surface area contributed by atoms with Crippen LogP contribution in [0.1, 0.15) is 18.1 Å². The minimum Gasteiger partial charge on any atom is -0.497 e. The lowest BCUT2D eigenvalue weighted by Crippen LogP contribution is -2.64. The van der Waals surface area contributed by atoms with E-state index >= 15 is 0 Å². The van der Waals surface area contributed by atoms with E-state index in [-0.39, 0.29) is 5.57 Å². The molecule has 9 heteroatoms. The third-order valence-corrected chi connectivity index (χ3v) is 10.5. The first-order valence-electron chi connectivity index (χ1n) is 15.5. The molecule has 0 unspecified atom stereocenters. The topological polar surface area (TPSA) is 75.3 Å². The van der Waals surface area contributed by atoms with Crippen molar-refractivity contribution in [2.75, 3.05) is 21.3 Å². The highest BCUT2D eigenvalue weighted by atomic mass is 35.5. The molecular weight excluding hydrogens is 670 g/mol. The zero-order valence-electron chi connectivity index (χ0n) is 28.0. The Morgan fingerprint density at radius 2 is 0.857 bits per heavy atom. The quantitative estimate of drug-likeness (QED) is 0.0906. The van der Waals surface area contributed by atoms with Crippen LogP contribution in [-0.2, 0) is 17.4 Å². The SMILES string of the molecule is CC(=C(C#N)C#N)C([SH2+])(c1ccc(Cl)cc1)c1ccc(Cl)cc1.COc1ccc([B-](C)(c2ccc(OC)cc2)c2ccc(OC)cc2)cc1. The number of allylic oxidation sites excluding steroid dienone is 1. The average Bonchev–Trinajstić information content (AvgIpc) is 3.15. The van der Waals surface area contributed by atoms with Crippen LogP contribution in [0.5, 0.6) is 17.2 Å². The molecule has 0 radical (unpaired) electrons. The first kappa shape index (κ1) is 37.0. The normalized spacial score (nSPS) is 10.8.